The fraction of sp³-hybridized carbons (Fsp3) is 0.158. The zero-order valence-corrected chi connectivity index (χ0v) is 15.1. The first-order valence-electron chi connectivity index (χ1n) is 7.53. The summed E-state index contributed by atoms with van der Waals surface area (Å²) in [6, 6.07) is 15.8. The molecule has 0 unspecified atom stereocenters. The van der Waals surface area contributed by atoms with Crippen LogP contribution in [0.4, 0.5) is 4.39 Å². The molecule has 0 atom stereocenters. The van der Waals surface area contributed by atoms with E-state index in [1.54, 1.807) is 19.2 Å². The van der Waals surface area contributed by atoms with Crippen LogP contribution >= 0.6 is 11.6 Å². The maximum atomic E-state index is 12.9. The normalized spacial score (nSPS) is 10.4. The SMILES string of the molecule is COc1ccc(-c2ccc(CNCc3ccc(F)cc3)o2)cc1Cl.[Cl-]. The predicted octanol–water partition coefficient (Wildman–Crippen LogP) is 2.04. The summed E-state index contributed by atoms with van der Waals surface area (Å²) in [6.45, 7) is 1.23. The predicted molar refractivity (Wildman–Crippen MR) is 92.6 cm³/mol. The highest BCUT2D eigenvalue weighted by atomic mass is 35.5. The van der Waals surface area contributed by atoms with Gasteiger partial charge in [-0.15, -0.1) is 0 Å². The van der Waals surface area contributed by atoms with E-state index in [1.807, 2.05) is 30.3 Å². The third-order valence-corrected chi connectivity index (χ3v) is 3.93. The van der Waals surface area contributed by atoms with Crippen molar-refractivity contribution >= 4 is 11.6 Å². The van der Waals surface area contributed by atoms with Gasteiger partial charge in [-0.2, -0.15) is 0 Å². The summed E-state index contributed by atoms with van der Waals surface area (Å²) in [5, 5.41) is 3.81. The van der Waals surface area contributed by atoms with Crippen LogP contribution in [0.25, 0.3) is 11.3 Å². The van der Waals surface area contributed by atoms with Gasteiger partial charge in [0.25, 0.3) is 0 Å². The van der Waals surface area contributed by atoms with E-state index < -0.39 is 0 Å². The molecule has 2 aromatic carbocycles. The largest absolute Gasteiger partial charge is 1.00 e. The average Bonchev–Trinajstić information content (AvgIpc) is 3.05. The van der Waals surface area contributed by atoms with Gasteiger partial charge in [0, 0.05) is 12.1 Å². The summed E-state index contributed by atoms with van der Waals surface area (Å²) in [7, 11) is 1.58. The van der Waals surface area contributed by atoms with Crippen molar-refractivity contribution in [1.29, 1.82) is 0 Å². The lowest BCUT2D eigenvalue weighted by Crippen LogP contribution is -3.00. The molecule has 0 amide bonds. The smallest absolute Gasteiger partial charge is 0.137 e. The number of halogens is 3. The third kappa shape index (κ3) is 4.98. The summed E-state index contributed by atoms with van der Waals surface area (Å²) in [5.41, 5.74) is 1.91. The summed E-state index contributed by atoms with van der Waals surface area (Å²) in [4.78, 5) is 0. The molecule has 0 fully saturated rings. The van der Waals surface area contributed by atoms with Crippen LogP contribution in [0.3, 0.4) is 0 Å². The van der Waals surface area contributed by atoms with Crippen LogP contribution in [-0.4, -0.2) is 7.11 Å². The molecule has 3 rings (SSSR count). The Labute approximate surface area is 157 Å². The second-order valence-corrected chi connectivity index (χ2v) is 5.75. The number of benzene rings is 2. The van der Waals surface area contributed by atoms with Crippen molar-refractivity contribution in [2.24, 2.45) is 0 Å². The first-order chi connectivity index (χ1) is 11.7. The first-order valence-corrected chi connectivity index (χ1v) is 7.91. The van der Waals surface area contributed by atoms with Gasteiger partial charge in [0.15, 0.2) is 0 Å². The molecule has 3 nitrogen and oxygen atoms in total. The van der Waals surface area contributed by atoms with Gasteiger partial charge in [-0.3, -0.25) is 0 Å². The number of ether oxygens (including phenoxy) is 1. The fourth-order valence-corrected chi connectivity index (χ4v) is 2.64. The molecule has 1 aromatic heterocycles. The van der Waals surface area contributed by atoms with Crippen molar-refractivity contribution in [3.8, 4) is 17.1 Å². The highest BCUT2D eigenvalue weighted by molar-refractivity contribution is 6.32. The summed E-state index contributed by atoms with van der Waals surface area (Å²) < 4.78 is 23.8. The number of hydrogen-bond acceptors (Lipinski definition) is 3. The van der Waals surface area contributed by atoms with Gasteiger partial charge in [-0.1, -0.05) is 23.7 Å². The zero-order valence-electron chi connectivity index (χ0n) is 13.6. The highest BCUT2D eigenvalue weighted by Gasteiger charge is 2.08. The second kappa shape index (κ2) is 8.90. The molecule has 0 aliphatic carbocycles. The topological polar surface area (TPSA) is 34.4 Å². The lowest BCUT2D eigenvalue weighted by Gasteiger charge is -2.05. The molecule has 0 aliphatic rings. The summed E-state index contributed by atoms with van der Waals surface area (Å²) in [6.07, 6.45) is 0. The third-order valence-electron chi connectivity index (χ3n) is 3.64. The molecule has 3 aromatic rings. The quantitative estimate of drug-likeness (QED) is 0.710. The minimum atomic E-state index is -0.229. The van der Waals surface area contributed by atoms with Gasteiger partial charge in [0.05, 0.1) is 18.7 Å². The van der Waals surface area contributed by atoms with E-state index in [0.717, 1.165) is 22.6 Å². The van der Waals surface area contributed by atoms with Crippen LogP contribution in [0.2, 0.25) is 5.02 Å². The van der Waals surface area contributed by atoms with E-state index in [0.29, 0.717) is 23.9 Å². The lowest BCUT2D eigenvalue weighted by atomic mass is 10.2. The van der Waals surface area contributed by atoms with Gasteiger partial charge < -0.3 is 26.9 Å². The molecule has 132 valence electrons. The highest BCUT2D eigenvalue weighted by Crippen LogP contribution is 2.31. The number of nitrogens with one attached hydrogen (secondary N) is 1. The van der Waals surface area contributed by atoms with Crippen LogP contribution < -0.4 is 22.5 Å². The fourth-order valence-electron chi connectivity index (χ4n) is 2.38. The maximum absolute atomic E-state index is 12.9. The number of rotatable bonds is 6. The van der Waals surface area contributed by atoms with E-state index in [4.69, 9.17) is 20.8 Å². The Bertz CT molecular complexity index is 819. The Kier molecular flexibility index (Phi) is 6.88. The Morgan fingerprint density at radius 3 is 2.48 bits per heavy atom. The van der Waals surface area contributed by atoms with Crippen molar-refractivity contribution in [2.45, 2.75) is 13.1 Å². The Morgan fingerprint density at radius 2 is 1.80 bits per heavy atom. The molecule has 6 heteroatoms. The van der Waals surface area contributed by atoms with Crippen molar-refractivity contribution < 1.29 is 26.0 Å². The molecule has 0 spiro atoms. The zero-order chi connectivity index (χ0) is 16.9. The van der Waals surface area contributed by atoms with Gasteiger partial charge in [0.2, 0.25) is 0 Å². The minimum Gasteiger partial charge on any atom is -1.00 e. The minimum absolute atomic E-state index is 0. The van der Waals surface area contributed by atoms with Gasteiger partial charge in [-0.05, 0) is 48.0 Å². The number of hydrogen-bond donors (Lipinski definition) is 1. The maximum Gasteiger partial charge on any atom is 0.137 e. The van der Waals surface area contributed by atoms with Gasteiger partial charge >= 0.3 is 0 Å². The van der Waals surface area contributed by atoms with Crippen LogP contribution in [0.15, 0.2) is 59.0 Å². The molecular formula is C19H17Cl2FNO2-. The van der Waals surface area contributed by atoms with Gasteiger partial charge in [0.1, 0.15) is 23.1 Å². The van der Waals surface area contributed by atoms with E-state index >= 15 is 0 Å². The molecule has 0 radical (unpaired) electrons. The Hall–Kier alpha value is -2.01. The first kappa shape index (κ1) is 19.3. The molecule has 0 saturated heterocycles. The number of furan rings is 1. The molecular weight excluding hydrogens is 364 g/mol. The average molecular weight is 381 g/mol. The van der Waals surface area contributed by atoms with E-state index in [1.165, 1.54) is 12.1 Å². The van der Waals surface area contributed by atoms with Crippen LogP contribution in [-0.2, 0) is 13.1 Å². The molecule has 25 heavy (non-hydrogen) atoms. The van der Waals surface area contributed by atoms with Gasteiger partial charge in [-0.25, -0.2) is 4.39 Å². The molecule has 1 N–H and O–H groups in total. The molecule has 0 aliphatic heterocycles. The van der Waals surface area contributed by atoms with Crippen LogP contribution in [0, 0.1) is 5.82 Å². The standard InChI is InChI=1S/C19H17ClFNO2.ClH/c1-23-19-8-4-14(10-17(19)20)18-9-7-16(24-18)12-22-11-13-2-5-15(21)6-3-13;/h2-10,22H,11-12H2,1H3;1H/p-1. The second-order valence-electron chi connectivity index (χ2n) is 5.35. The monoisotopic (exact) mass is 380 g/mol. The Morgan fingerprint density at radius 1 is 1.04 bits per heavy atom. The van der Waals surface area contributed by atoms with Crippen molar-refractivity contribution in [3.05, 3.63) is 76.8 Å². The molecule has 0 bridgehead atoms. The van der Waals surface area contributed by atoms with Crippen molar-refractivity contribution in [2.75, 3.05) is 7.11 Å². The molecule has 0 saturated carbocycles. The van der Waals surface area contributed by atoms with Crippen molar-refractivity contribution in [1.82, 2.24) is 5.32 Å². The van der Waals surface area contributed by atoms with E-state index in [9.17, 15) is 4.39 Å². The van der Waals surface area contributed by atoms with E-state index in [-0.39, 0.29) is 18.2 Å². The van der Waals surface area contributed by atoms with Crippen molar-refractivity contribution in [3.63, 3.8) is 0 Å². The van der Waals surface area contributed by atoms with Crippen LogP contribution in [0.1, 0.15) is 11.3 Å². The summed E-state index contributed by atoms with van der Waals surface area (Å²) in [5.74, 6) is 1.97. The molecule has 1 heterocycles. The number of methoxy groups -OCH3 is 1. The Balaban J connectivity index is 0.00000225. The summed E-state index contributed by atoms with van der Waals surface area (Å²) >= 11 is 6.14. The van der Waals surface area contributed by atoms with Crippen LogP contribution in [0.5, 0.6) is 5.75 Å². The van der Waals surface area contributed by atoms with E-state index in [2.05, 4.69) is 5.32 Å². The lowest BCUT2D eigenvalue weighted by molar-refractivity contribution is -0.00000622.